The highest BCUT2D eigenvalue weighted by Crippen LogP contribution is 2.19. The second-order valence-electron chi connectivity index (χ2n) is 5.55. The Balaban J connectivity index is 1.63. The standard InChI is InChI=1S/C17H25NO3/c1-20-16-9-3-2-7-15(16)8-4-10-18-17(19)12-14-6-5-11-21-13-14/h2-3,7,9,14H,4-6,8,10-13H2,1H3,(H,18,19)/t14-/m1/s1. The van der Waals surface area contributed by atoms with E-state index in [-0.39, 0.29) is 5.91 Å². The molecule has 0 aliphatic carbocycles. The Hall–Kier alpha value is -1.55. The number of hydrogen-bond donors (Lipinski definition) is 1. The maximum atomic E-state index is 11.9. The van der Waals surface area contributed by atoms with Crippen LogP contribution in [0.3, 0.4) is 0 Å². The number of carbonyl (C=O) groups excluding carboxylic acids is 1. The molecule has 1 aliphatic heterocycles. The lowest BCUT2D eigenvalue weighted by Crippen LogP contribution is -2.29. The number of hydrogen-bond acceptors (Lipinski definition) is 3. The molecule has 0 saturated carbocycles. The molecule has 0 aromatic heterocycles. The first-order valence-electron chi connectivity index (χ1n) is 7.76. The molecule has 0 bridgehead atoms. The van der Waals surface area contributed by atoms with E-state index in [0.717, 1.165) is 44.6 Å². The van der Waals surface area contributed by atoms with Gasteiger partial charge in [-0.25, -0.2) is 0 Å². The number of para-hydroxylation sites is 1. The molecule has 2 rings (SSSR count). The van der Waals surface area contributed by atoms with Crippen LogP contribution >= 0.6 is 0 Å². The fraction of sp³-hybridized carbons (Fsp3) is 0.588. The summed E-state index contributed by atoms with van der Waals surface area (Å²) in [5, 5.41) is 3.00. The summed E-state index contributed by atoms with van der Waals surface area (Å²) in [6, 6.07) is 8.02. The average molecular weight is 291 g/mol. The summed E-state index contributed by atoms with van der Waals surface area (Å²) >= 11 is 0. The van der Waals surface area contributed by atoms with Crippen LogP contribution in [0.25, 0.3) is 0 Å². The number of amides is 1. The van der Waals surface area contributed by atoms with Crippen molar-refractivity contribution in [3.8, 4) is 5.75 Å². The largest absolute Gasteiger partial charge is 0.496 e. The van der Waals surface area contributed by atoms with Crippen molar-refractivity contribution in [2.75, 3.05) is 26.9 Å². The van der Waals surface area contributed by atoms with Gasteiger partial charge in [0, 0.05) is 26.2 Å². The van der Waals surface area contributed by atoms with E-state index in [4.69, 9.17) is 9.47 Å². The molecule has 0 radical (unpaired) electrons. The van der Waals surface area contributed by atoms with Gasteiger partial charge in [-0.2, -0.15) is 0 Å². The van der Waals surface area contributed by atoms with Crippen LogP contribution in [-0.4, -0.2) is 32.8 Å². The van der Waals surface area contributed by atoms with E-state index >= 15 is 0 Å². The Kier molecular flexibility index (Phi) is 6.54. The molecule has 21 heavy (non-hydrogen) atoms. The van der Waals surface area contributed by atoms with E-state index in [1.807, 2.05) is 18.2 Å². The zero-order valence-electron chi connectivity index (χ0n) is 12.8. The molecule has 1 atom stereocenters. The van der Waals surface area contributed by atoms with Crippen LogP contribution in [0.2, 0.25) is 0 Å². The monoisotopic (exact) mass is 291 g/mol. The molecule has 1 heterocycles. The van der Waals surface area contributed by atoms with Gasteiger partial charge in [0.05, 0.1) is 7.11 Å². The Morgan fingerprint density at radius 3 is 3.05 bits per heavy atom. The lowest BCUT2D eigenvalue weighted by Gasteiger charge is -2.21. The Morgan fingerprint density at radius 2 is 2.29 bits per heavy atom. The minimum atomic E-state index is 0.144. The van der Waals surface area contributed by atoms with Crippen molar-refractivity contribution in [1.29, 1.82) is 0 Å². The minimum absolute atomic E-state index is 0.144. The van der Waals surface area contributed by atoms with Crippen LogP contribution in [0.4, 0.5) is 0 Å². The van der Waals surface area contributed by atoms with Gasteiger partial charge in [0.1, 0.15) is 5.75 Å². The highest BCUT2D eigenvalue weighted by Gasteiger charge is 2.17. The molecule has 1 aliphatic rings. The first-order chi connectivity index (χ1) is 10.3. The van der Waals surface area contributed by atoms with E-state index in [0.29, 0.717) is 18.9 Å². The fourth-order valence-electron chi connectivity index (χ4n) is 2.72. The molecule has 1 fully saturated rings. The van der Waals surface area contributed by atoms with Gasteiger partial charge in [0.2, 0.25) is 5.91 Å². The zero-order chi connectivity index (χ0) is 14.9. The van der Waals surface area contributed by atoms with Crippen molar-refractivity contribution in [3.63, 3.8) is 0 Å². The van der Waals surface area contributed by atoms with Gasteiger partial charge in [-0.1, -0.05) is 18.2 Å². The maximum Gasteiger partial charge on any atom is 0.220 e. The zero-order valence-corrected chi connectivity index (χ0v) is 12.8. The molecule has 116 valence electrons. The van der Waals surface area contributed by atoms with Crippen molar-refractivity contribution >= 4 is 5.91 Å². The second kappa shape index (κ2) is 8.67. The highest BCUT2D eigenvalue weighted by atomic mass is 16.5. The van der Waals surface area contributed by atoms with Gasteiger partial charge in [0.15, 0.2) is 0 Å². The fourth-order valence-corrected chi connectivity index (χ4v) is 2.72. The molecule has 1 amide bonds. The summed E-state index contributed by atoms with van der Waals surface area (Å²) in [6.07, 6.45) is 4.61. The van der Waals surface area contributed by atoms with Crippen molar-refractivity contribution < 1.29 is 14.3 Å². The number of aryl methyl sites for hydroxylation is 1. The predicted molar refractivity (Wildman–Crippen MR) is 82.5 cm³/mol. The third-order valence-electron chi connectivity index (χ3n) is 3.87. The molecule has 1 aromatic rings. The van der Waals surface area contributed by atoms with Crippen molar-refractivity contribution in [2.24, 2.45) is 5.92 Å². The Labute approximate surface area is 126 Å². The molecular weight excluding hydrogens is 266 g/mol. The van der Waals surface area contributed by atoms with Crippen molar-refractivity contribution in [3.05, 3.63) is 29.8 Å². The highest BCUT2D eigenvalue weighted by molar-refractivity contribution is 5.76. The predicted octanol–water partition coefficient (Wildman–Crippen LogP) is 2.56. The summed E-state index contributed by atoms with van der Waals surface area (Å²) in [4.78, 5) is 11.9. The van der Waals surface area contributed by atoms with E-state index in [1.165, 1.54) is 5.56 Å². The number of nitrogens with one attached hydrogen (secondary N) is 1. The van der Waals surface area contributed by atoms with E-state index in [9.17, 15) is 4.79 Å². The van der Waals surface area contributed by atoms with Gasteiger partial charge in [0.25, 0.3) is 0 Å². The van der Waals surface area contributed by atoms with Crippen molar-refractivity contribution in [1.82, 2.24) is 5.32 Å². The van der Waals surface area contributed by atoms with Crippen LogP contribution in [0.5, 0.6) is 5.75 Å². The van der Waals surface area contributed by atoms with Crippen LogP contribution in [0.1, 0.15) is 31.2 Å². The van der Waals surface area contributed by atoms with Crippen LogP contribution in [0.15, 0.2) is 24.3 Å². The summed E-state index contributed by atoms with van der Waals surface area (Å²) in [7, 11) is 1.69. The van der Waals surface area contributed by atoms with Crippen LogP contribution < -0.4 is 10.1 Å². The summed E-state index contributed by atoms with van der Waals surface area (Å²) < 4.78 is 10.7. The molecule has 4 nitrogen and oxygen atoms in total. The van der Waals surface area contributed by atoms with Crippen LogP contribution in [-0.2, 0) is 16.0 Å². The first kappa shape index (κ1) is 15.8. The summed E-state index contributed by atoms with van der Waals surface area (Å²) in [5.74, 6) is 1.46. The smallest absolute Gasteiger partial charge is 0.220 e. The number of ether oxygens (including phenoxy) is 2. The second-order valence-corrected chi connectivity index (χ2v) is 5.55. The quantitative estimate of drug-likeness (QED) is 0.785. The average Bonchev–Trinajstić information content (AvgIpc) is 2.53. The molecule has 4 heteroatoms. The van der Waals surface area contributed by atoms with Gasteiger partial charge in [-0.3, -0.25) is 4.79 Å². The number of carbonyl (C=O) groups is 1. The molecule has 1 N–H and O–H groups in total. The van der Waals surface area contributed by atoms with E-state index in [1.54, 1.807) is 7.11 Å². The first-order valence-corrected chi connectivity index (χ1v) is 7.76. The molecule has 0 spiro atoms. The SMILES string of the molecule is COc1ccccc1CCCNC(=O)C[C@H]1CCCOC1. The lowest BCUT2D eigenvalue weighted by molar-refractivity contribution is -0.123. The maximum absolute atomic E-state index is 11.9. The van der Waals surface area contributed by atoms with Gasteiger partial charge < -0.3 is 14.8 Å². The molecular formula is C17H25NO3. The minimum Gasteiger partial charge on any atom is -0.496 e. The normalized spacial score (nSPS) is 18.2. The number of methoxy groups -OCH3 is 1. The van der Waals surface area contributed by atoms with Crippen LogP contribution in [0, 0.1) is 5.92 Å². The Bertz CT molecular complexity index is 441. The lowest BCUT2D eigenvalue weighted by atomic mass is 9.98. The topological polar surface area (TPSA) is 47.6 Å². The number of rotatable bonds is 7. The third-order valence-corrected chi connectivity index (χ3v) is 3.87. The van der Waals surface area contributed by atoms with Gasteiger partial charge in [-0.15, -0.1) is 0 Å². The summed E-state index contributed by atoms with van der Waals surface area (Å²) in [6.45, 7) is 2.29. The van der Waals surface area contributed by atoms with E-state index in [2.05, 4.69) is 11.4 Å². The molecule has 0 unspecified atom stereocenters. The van der Waals surface area contributed by atoms with Crippen molar-refractivity contribution in [2.45, 2.75) is 32.1 Å². The summed E-state index contributed by atoms with van der Waals surface area (Å²) in [5.41, 5.74) is 1.19. The Morgan fingerprint density at radius 1 is 1.43 bits per heavy atom. The van der Waals surface area contributed by atoms with E-state index < -0.39 is 0 Å². The van der Waals surface area contributed by atoms with Gasteiger partial charge in [-0.05, 0) is 43.2 Å². The molecule has 1 saturated heterocycles. The molecule has 1 aromatic carbocycles. The van der Waals surface area contributed by atoms with Gasteiger partial charge >= 0.3 is 0 Å². The number of benzene rings is 1. The third kappa shape index (κ3) is 5.38.